The van der Waals surface area contributed by atoms with Crippen LogP contribution < -0.4 is 0 Å². The number of hydrogen-bond donors (Lipinski definition) is 2. The van der Waals surface area contributed by atoms with Gasteiger partial charge in [0.2, 0.25) is 0 Å². The van der Waals surface area contributed by atoms with E-state index in [0.717, 1.165) is 5.56 Å². The van der Waals surface area contributed by atoms with Gasteiger partial charge in [0.1, 0.15) is 0 Å². The Kier molecular flexibility index (Phi) is 4.95. The molecule has 1 rings (SSSR count). The van der Waals surface area contributed by atoms with E-state index in [1.165, 1.54) is 0 Å². The van der Waals surface area contributed by atoms with Gasteiger partial charge >= 0.3 is 5.97 Å². The molecular weight excluding hydrogens is 208 g/mol. The molecule has 0 radical (unpaired) electrons. The zero-order chi connectivity index (χ0) is 12.0. The molecule has 0 aliphatic heterocycles. The van der Waals surface area contributed by atoms with Crippen molar-refractivity contribution >= 4 is 5.97 Å². The molecule has 1 aromatic carbocycles. The van der Waals surface area contributed by atoms with Gasteiger partial charge in [0.25, 0.3) is 0 Å². The van der Waals surface area contributed by atoms with E-state index in [1.54, 1.807) is 6.92 Å². The van der Waals surface area contributed by atoms with Gasteiger partial charge in [-0.15, -0.1) is 0 Å². The Morgan fingerprint density at radius 1 is 1.38 bits per heavy atom. The molecule has 0 bridgehead atoms. The molecule has 1 aromatic rings. The highest BCUT2D eigenvalue weighted by atomic mass is 16.5. The van der Waals surface area contributed by atoms with Crippen LogP contribution in [0.3, 0.4) is 0 Å². The summed E-state index contributed by atoms with van der Waals surface area (Å²) in [5.74, 6) is -1.63. The largest absolute Gasteiger partial charge is 0.479 e. The minimum atomic E-state index is -1.37. The van der Waals surface area contributed by atoms with Gasteiger partial charge in [0.15, 0.2) is 6.10 Å². The maximum atomic E-state index is 10.5. The lowest BCUT2D eigenvalue weighted by molar-refractivity contribution is -0.150. The molecule has 2 N–H and O–H groups in total. The highest BCUT2D eigenvalue weighted by Crippen LogP contribution is 2.06. The number of carboxylic acids is 1. The fourth-order valence-corrected chi connectivity index (χ4v) is 1.27. The van der Waals surface area contributed by atoms with Gasteiger partial charge < -0.3 is 14.9 Å². The van der Waals surface area contributed by atoms with Gasteiger partial charge in [0.05, 0.1) is 13.2 Å². The van der Waals surface area contributed by atoms with E-state index in [2.05, 4.69) is 0 Å². The van der Waals surface area contributed by atoms with Crippen LogP contribution in [-0.2, 0) is 16.1 Å². The summed E-state index contributed by atoms with van der Waals surface area (Å²) in [6.07, 6.45) is -1.37. The Labute approximate surface area is 94.5 Å². The summed E-state index contributed by atoms with van der Waals surface area (Å²) in [5, 5.41) is 17.8. The summed E-state index contributed by atoms with van der Waals surface area (Å²) in [6, 6.07) is 9.60. The Hall–Kier alpha value is -1.39. The number of carboxylic acid groups (broad SMARTS) is 1. The number of rotatable bonds is 6. The van der Waals surface area contributed by atoms with Crippen LogP contribution in [0.4, 0.5) is 0 Å². The zero-order valence-electron chi connectivity index (χ0n) is 9.17. The van der Waals surface area contributed by atoms with Crippen molar-refractivity contribution in [1.82, 2.24) is 0 Å². The molecule has 4 heteroatoms. The van der Waals surface area contributed by atoms with E-state index in [9.17, 15) is 9.90 Å². The van der Waals surface area contributed by atoms with E-state index in [-0.39, 0.29) is 6.61 Å². The number of aliphatic hydroxyl groups is 1. The summed E-state index contributed by atoms with van der Waals surface area (Å²) in [7, 11) is 0. The first-order chi connectivity index (χ1) is 7.61. The van der Waals surface area contributed by atoms with Crippen LogP contribution in [0.15, 0.2) is 30.3 Å². The quantitative estimate of drug-likeness (QED) is 0.764. The number of carbonyl (C=O) groups is 1. The van der Waals surface area contributed by atoms with Gasteiger partial charge in [-0.25, -0.2) is 4.79 Å². The lowest BCUT2D eigenvalue weighted by atomic mass is 10.1. The van der Waals surface area contributed by atoms with Crippen LogP contribution in [0.1, 0.15) is 12.5 Å². The molecule has 0 fully saturated rings. The molecule has 0 spiro atoms. The normalized spacial score (nSPS) is 14.4. The van der Waals surface area contributed by atoms with Crippen LogP contribution in [-0.4, -0.2) is 28.9 Å². The van der Waals surface area contributed by atoms with Crippen LogP contribution in [0.2, 0.25) is 0 Å². The third-order valence-corrected chi connectivity index (χ3v) is 2.28. The number of ether oxygens (including phenoxy) is 1. The Morgan fingerprint density at radius 3 is 2.56 bits per heavy atom. The Morgan fingerprint density at radius 2 is 2.00 bits per heavy atom. The maximum Gasteiger partial charge on any atom is 0.332 e. The molecular formula is C12H16O4. The zero-order valence-corrected chi connectivity index (χ0v) is 9.17. The molecule has 0 heterocycles. The highest BCUT2D eigenvalue weighted by Gasteiger charge is 2.21. The fraction of sp³-hybridized carbons (Fsp3) is 0.417. The first kappa shape index (κ1) is 12.7. The van der Waals surface area contributed by atoms with Gasteiger partial charge in [-0.3, -0.25) is 0 Å². The molecule has 0 aliphatic carbocycles. The highest BCUT2D eigenvalue weighted by molar-refractivity contribution is 5.72. The van der Waals surface area contributed by atoms with Crippen LogP contribution >= 0.6 is 0 Å². The Bertz CT molecular complexity index is 323. The smallest absolute Gasteiger partial charge is 0.332 e. The third kappa shape index (κ3) is 4.00. The van der Waals surface area contributed by atoms with Gasteiger partial charge in [-0.1, -0.05) is 37.3 Å². The minimum absolute atomic E-state index is 0.225. The number of aliphatic hydroxyl groups excluding tert-OH is 1. The van der Waals surface area contributed by atoms with Crippen molar-refractivity contribution in [2.75, 3.05) is 6.61 Å². The van der Waals surface area contributed by atoms with E-state index in [1.807, 2.05) is 30.3 Å². The van der Waals surface area contributed by atoms with Crippen LogP contribution in [0, 0.1) is 5.92 Å². The van der Waals surface area contributed by atoms with Crippen molar-refractivity contribution in [3.8, 4) is 0 Å². The standard InChI is InChI=1S/C12H16O4/c1-9(11(13)12(14)15)7-16-8-10-5-3-2-4-6-10/h2-6,9,11,13H,7-8H2,1H3,(H,14,15)/t9-,11-/m0/s1. The molecule has 2 atom stereocenters. The Balaban J connectivity index is 2.28. The number of hydrogen-bond acceptors (Lipinski definition) is 3. The van der Waals surface area contributed by atoms with E-state index in [4.69, 9.17) is 9.84 Å². The molecule has 0 unspecified atom stereocenters. The monoisotopic (exact) mass is 224 g/mol. The second kappa shape index (κ2) is 6.25. The number of benzene rings is 1. The van der Waals surface area contributed by atoms with Gasteiger partial charge in [-0.2, -0.15) is 0 Å². The molecule has 0 amide bonds. The second-order valence-electron chi connectivity index (χ2n) is 3.76. The summed E-state index contributed by atoms with van der Waals surface area (Å²) < 4.78 is 5.33. The molecule has 0 saturated heterocycles. The van der Waals surface area contributed by atoms with Crippen molar-refractivity contribution < 1.29 is 19.7 Å². The van der Waals surface area contributed by atoms with Crippen molar-refractivity contribution in [2.45, 2.75) is 19.6 Å². The predicted octanol–water partition coefficient (Wildman–Crippen LogP) is 1.28. The summed E-state index contributed by atoms with van der Waals surface area (Å²) >= 11 is 0. The van der Waals surface area contributed by atoms with Crippen molar-refractivity contribution in [2.24, 2.45) is 5.92 Å². The first-order valence-corrected chi connectivity index (χ1v) is 5.14. The van der Waals surface area contributed by atoms with Crippen molar-refractivity contribution in [1.29, 1.82) is 0 Å². The fourth-order valence-electron chi connectivity index (χ4n) is 1.27. The van der Waals surface area contributed by atoms with Crippen LogP contribution in [0.5, 0.6) is 0 Å². The van der Waals surface area contributed by atoms with Crippen molar-refractivity contribution in [3.63, 3.8) is 0 Å². The van der Waals surface area contributed by atoms with E-state index < -0.39 is 18.0 Å². The van der Waals surface area contributed by atoms with Crippen molar-refractivity contribution in [3.05, 3.63) is 35.9 Å². The molecule has 0 aliphatic rings. The molecule has 16 heavy (non-hydrogen) atoms. The average molecular weight is 224 g/mol. The van der Waals surface area contributed by atoms with Gasteiger partial charge in [0, 0.05) is 5.92 Å². The SMILES string of the molecule is C[C@@H](COCc1ccccc1)[C@H](O)C(=O)O. The summed E-state index contributed by atoms with van der Waals surface area (Å²) in [6.45, 7) is 2.30. The van der Waals surface area contributed by atoms with Crippen LogP contribution in [0.25, 0.3) is 0 Å². The topological polar surface area (TPSA) is 66.8 Å². The van der Waals surface area contributed by atoms with E-state index in [0.29, 0.717) is 6.61 Å². The lowest BCUT2D eigenvalue weighted by Gasteiger charge is -2.14. The summed E-state index contributed by atoms with van der Waals surface area (Å²) in [4.78, 5) is 10.5. The summed E-state index contributed by atoms with van der Waals surface area (Å²) in [5.41, 5.74) is 1.03. The van der Waals surface area contributed by atoms with Gasteiger partial charge in [-0.05, 0) is 5.56 Å². The third-order valence-electron chi connectivity index (χ3n) is 2.28. The molecule has 88 valence electrons. The minimum Gasteiger partial charge on any atom is -0.479 e. The first-order valence-electron chi connectivity index (χ1n) is 5.14. The average Bonchev–Trinajstić information content (AvgIpc) is 2.29. The molecule has 0 saturated carbocycles. The molecule has 4 nitrogen and oxygen atoms in total. The second-order valence-corrected chi connectivity index (χ2v) is 3.76. The lowest BCUT2D eigenvalue weighted by Crippen LogP contribution is -2.30. The maximum absolute atomic E-state index is 10.5. The molecule has 0 aromatic heterocycles. The number of aliphatic carboxylic acids is 1. The predicted molar refractivity (Wildman–Crippen MR) is 58.9 cm³/mol. The van der Waals surface area contributed by atoms with E-state index >= 15 is 0 Å².